The standard InChI is InChI=1S/C19H22F4N4O.ClH/c1-24-9-6-13-7-10-26(11-8-13)18(28)16-12-25-27(17(16)19(21,22)23)15-4-2-14(20)3-5-15;/h2-5,12-13,24H,6-11H2,1H3;1H. The highest BCUT2D eigenvalue weighted by atomic mass is 35.5. The molecule has 2 aromatic rings. The summed E-state index contributed by atoms with van der Waals surface area (Å²) >= 11 is 0. The number of nitrogens with zero attached hydrogens (tertiary/aromatic N) is 3. The molecule has 1 aliphatic rings. The third kappa shape index (κ3) is 5.27. The van der Waals surface area contributed by atoms with Crippen LogP contribution in [0.2, 0.25) is 0 Å². The predicted octanol–water partition coefficient (Wildman–Crippen LogP) is 3.91. The van der Waals surface area contributed by atoms with Crippen molar-refractivity contribution in [2.45, 2.75) is 25.4 Å². The van der Waals surface area contributed by atoms with Crippen molar-refractivity contribution in [2.24, 2.45) is 5.92 Å². The Morgan fingerprint density at radius 3 is 2.38 bits per heavy atom. The van der Waals surface area contributed by atoms with E-state index in [0.717, 1.165) is 44.1 Å². The first kappa shape index (κ1) is 23.2. The van der Waals surface area contributed by atoms with E-state index in [0.29, 0.717) is 23.7 Å². The van der Waals surface area contributed by atoms with E-state index in [2.05, 4.69) is 10.4 Å². The van der Waals surface area contributed by atoms with Crippen LogP contribution >= 0.6 is 12.4 Å². The van der Waals surface area contributed by atoms with Crippen molar-refractivity contribution in [3.8, 4) is 5.69 Å². The molecule has 0 radical (unpaired) electrons. The summed E-state index contributed by atoms with van der Waals surface area (Å²) in [5.41, 5.74) is -1.58. The average Bonchev–Trinajstić information content (AvgIpc) is 3.12. The summed E-state index contributed by atoms with van der Waals surface area (Å²) in [6.07, 6.45) is -1.32. The van der Waals surface area contributed by atoms with Crippen LogP contribution in [-0.4, -0.2) is 47.3 Å². The van der Waals surface area contributed by atoms with Crippen molar-refractivity contribution in [1.82, 2.24) is 20.0 Å². The van der Waals surface area contributed by atoms with Crippen molar-refractivity contribution < 1.29 is 22.4 Å². The third-order valence-corrected chi connectivity index (χ3v) is 5.04. The Morgan fingerprint density at radius 2 is 1.83 bits per heavy atom. The van der Waals surface area contributed by atoms with E-state index in [4.69, 9.17) is 0 Å². The van der Waals surface area contributed by atoms with Gasteiger partial charge in [0.25, 0.3) is 5.91 Å². The first-order valence-electron chi connectivity index (χ1n) is 9.16. The molecule has 2 heterocycles. The van der Waals surface area contributed by atoms with Crippen molar-refractivity contribution in [2.75, 3.05) is 26.7 Å². The van der Waals surface area contributed by atoms with E-state index < -0.39 is 29.2 Å². The average molecular weight is 435 g/mol. The normalized spacial score (nSPS) is 15.3. The fraction of sp³-hybridized carbons (Fsp3) is 0.474. The Bertz CT molecular complexity index is 815. The van der Waals surface area contributed by atoms with Crippen LogP contribution in [0.5, 0.6) is 0 Å². The molecule has 0 aliphatic carbocycles. The molecule has 0 unspecified atom stereocenters. The first-order chi connectivity index (χ1) is 13.3. The molecule has 10 heteroatoms. The van der Waals surface area contributed by atoms with Gasteiger partial charge in [0, 0.05) is 13.1 Å². The molecule has 0 spiro atoms. The molecule has 5 nitrogen and oxygen atoms in total. The van der Waals surface area contributed by atoms with Gasteiger partial charge in [0.2, 0.25) is 0 Å². The van der Waals surface area contributed by atoms with Crippen LogP contribution in [0.3, 0.4) is 0 Å². The zero-order chi connectivity index (χ0) is 20.3. The number of rotatable bonds is 5. The molecule has 0 bridgehead atoms. The molecular formula is C19H23ClF4N4O. The quantitative estimate of drug-likeness (QED) is 0.726. The smallest absolute Gasteiger partial charge is 0.339 e. The van der Waals surface area contributed by atoms with Crippen molar-refractivity contribution >= 4 is 18.3 Å². The fourth-order valence-corrected chi connectivity index (χ4v) is 3.50. The molecule has 1 aromatic carbocycles. The fourth-order valence-electron chi connectivity index (χ4n) is 3.50. The Kier molecular flexibility index (Phi) is 7.65. The number of carbonyl (C=O) groups is 1. The summed E-state index contributed by atoms with van der Waals surface area (Å²) in [7, 11) is 1.87. The second-order valence-corrected chi connectivity index (χ2v) is 6.92. The van der Waals surface area contributed by atoms with Crippen LogP contribution in [0.15, 0.2) is 30.5 Å². The SMILES string of the molecule is CNCCC1CCN(C(=O)c2cnn(-c3ccc(F)cc3)c2C(F)(F)F)CC1.Cl. The maximum absolute atomic E-state index is 13.7. The summed E-state index contributed by atoms with van der Waals surface area (Å²) in [4.78, 5) is 14.2. The van der Waals surface area contributed by atoms with Crippen molar-refractivity contribution in [3.63, 3.8) is 0 Å². The lowest BCUT2D eigenvalue weighted by atomic mass is 9.93. The number of likely N-dealkylation sites (tertiary alicyclic amines) is 1. The number of amides is 1. The lowest BCUT2D eigenvalue weighted by Gasteiger charge is -2.32. The van der Waals surface area contributed by atoms with E-state index in [1.807, 2.05) is 7.05 Å². The number of piperidine rings is 1. The van der Waals surface area contributed by atoms with Crippen molar-refractivity contribution in [3.05, 3.63) is 47.5 Å². The van der Waals surface area contributed by atoms with Crippen LogP contribution in [0.1, 0.15) is 35.3 Å². The molecule has 1 fully saturated rings. The highest BCUT2D eigenvalue weighted by Crippen LogP contribution is 2.34. The summed E-state index contributed by atoms with van der Waals surface area (Å²) in [6.45, 7) is 1.72. The molecule has 1 saturated heterocycles. The van der Waals surface area contributed by atoms with Gasteiger partial charge in [-0.15, -0.1) is 12.4 Å². The van der Waals surface area contributed by atoms with Gasteiger partial charge in [-0.3, -0.25) is 4.79 Å². The molecule has 0 saturated carbocycles. The van der Waals surface area contributed by atoms with Crippen LogP contribution in [0, 0.1) is 11.7 Å². The molecule has 1 N–H and O–H groups in total. The number of alkyl halides is 3. The number of hydrogen-bond donors (Lipinski definition) is 1. The third-order valence-electron chi connectivity index (χ3n) is 5.04. The van der Waals surface area contributed by atoms with Gasteiger partial charge in [-0.1, -0.05) is 0 Å². The second-order valence-electron chi connectivity index (χ2n) is 6.92. The Morgan fingerprint density at radius 1 is 1.21 bits per heavy atom. The van der Waals surface area contributed by atoms with E-state index in [-0.39, 0.29) is 18.1 Å². The van der Waals surface area contributed by atoms with Crippen molar-refractivity contribution in [1.29, 1.82) is 0 Å². The zero-order valence-electron chi connectivity index (χ0n) is 15.9. The Hall–Kier alpha value is -2.13. The predicted molar refractivity (Wildman–Crippen MR) is 103 cm³/mol. The Balaban J connectivity index is 0.00000300. The minimum Gasteiger partial charge on any atom is -0.339 e. The molecule has 29 heavy (non-hydrogen) atoms. The van der Waals surface area contributed by atoms with Gasteiger partial charge in [-0.05, 0) is 63.0 Å². The monoisotopic (exact) mass is 434 g/mol. The van der Waals surface area contributed by atoms with E-state index in [1.54, 1.807) is 0 Å². The van der Waals surface area contributed by atoms with Gasteiger partial charge in [0.1, 0.15) is 5.82 Å². The number of halogens is 5. The minimum atomic E-state index is -4.78. The minimum absolute atomic E-state index is 0. The highest BCUT2D eigenvalue weighted by molar-refractivity contribution is 5.95. The molecule has 1 aliphatic heterocycles. The van der Waals surface area contributed by atoms with Gasteiger partial charge in [0.15, 0.2) is 5.69 Å². The maximum atomic E-state index is 13.7. The van der Waals surface area contributed by atoms with Gasteiger partial charge in [-0.25, -0.2) is 9.07 Å². The lowest BCUT2D eigenvalue weighted by Crippen LogP contribution is -2.39. The van der Waals surface area contributed by atoms with Gasteiger partial charge < -0.3 is 10.2 Å². The summed E-state index contributed by atoms with van der Waals surface area (Å²) < 4.78 is 54.9. The van der Waals surface area contributed by atoms with E-state index >= 15 is 0 Å². The number of hydrogen-bond acceptors (Lipinski definition) is 3. The Labute approximate surface area is 172 Å². The molecule has 3 rings (SSSR count). The molecule has 1 amide bonds. The van der Waals surface area contributed by atoms with Gasteiger partial charge in [-0.2, -0.15) is 18.3 Å². The maximum Gasteiger partial charge on any atom is 0.434 e. The first-order valence-corrected chi connectivity index (χ1v) is 9.16. The largest absolute Gasteiger partial charge is 0.434 e. The van der Waals surface area contributed by atoms with Crippen LogP contribution in [-0.2, 0) is 6.18 Å². The van der Waals surface area contributed by atoms with Crippen LogP contribution in [0.25, 0.3) is 5.69 Å². The highest BCUT2D eigenvalue weighted by Gasteiger charge is 2.41. The van der Waals surface area contributed by atoms with E-state index in [1.165, 1.54) is 17.0 Å². The van der Waals surface area contributed by atoms with Crippen LogP contribution in [0.4, 0.5) is 17.6 Å². The van der Waals surface area contributed by atoms with Gasteiger partial charge >= 0.3 is 6.18 Å². The summed E-state index contributed by atoms with van der Waals surface area (Å²) in [6, 6.07) is 4.49. The molecule has 1 aromatic heterocycles. The number of aromatic nitrogens is 2. The zero-order valence-corrected chi connectivity index (χ0v) is 16.7. The second kappa shape index (κ2) is 9.58. The number of nitrogens with one attached hydrogen (secondary N) is 1. The summed E-state index contributed by atoms with van der Waals surface area (Å²) in [5, 5.41) is 6.85. The van der Waals surface area contributed by atoms with Gasteiger partial charge in [0.05, 0.1) is 17.4 Å². The summed E-state index contributed by atoms with van der Waals surface area (Å²) in [5.74, 6) is -0.782. The number of carbonyl (C=O) groups excluding carboxylic acids is 1. The van der Waals surface area contributed by atoms with E-state index in [9.17, 15) is 22.4 Å². The molecule has 160 valence electrons. The molecule has 0 atom stereocenters. The number of benzene rings is 1. The molecular weight excluding hydrogens is 412 g/mol. The lowest BCUT2D eigenvalue weighted by molar-refractivity contribution is -0.143. The topological polar surface area (TPSA) is 50.2 Å². The van der Waals surface area contributed by atoms with Crippen LogP contribution < -0.4 is 5.32 Å².